The zero-order valence-electron chi connectivity index (χ0n) is 11.7. The Balaban J connectivity index is 2.12. The number of rotatable bonds is 2. The molecule has 0 aliphatic carbocycles. The molecule has 0 spiro atoms. The van der Waals surface area contributed by atoms with Crippen molar-refractivity contribution in [2.24, 2.45) is 0 Å². The molecule has 5 nitrogen and oxygen atoms in total. The molecule has 0 amide bonds. The zero-order valence-corrected chi connectivity index (χ0v) is 11.7. The molecule has 1 aromatic carbocycles. The smallest absolute Gasteiger partial charge is 0.141 e. The number of nitrogen functional groups attached to an aromatic ring is 1. The molecule has 0 atom stereocenters. The summed E-state index contributed by atoms with van der Waals surface area (Å²) < 4.78 is 0. The first-order valence-corrected chi connectivity index (χ1v) is 6.93. The third kappa shape index (κ3) is 1.91. The van der Waals surface area contributed by atoms with E-state index in [1.165, 1.54) is 0 Å². The van der Waals surface area contributed by atoms with E-state index in [2.05, 4.69) is 15.0 Å². The van der Waals surface area contributed by atoms with Crippen molar-refractivity contribution in [1.29, 1.82) is 0 Å². The number of hydrogen-bond donors (Lipinski definition) is 2. The van der Waals surface area contributed by atoms with E-state index in [4.69, 9.17) is 10.7 Å². The first kappa shape index (κ1) is 12.5. The fourth-order valence-electron chi connectivity index (χ4n) is 2.59. The highest BCUT2D eigenvalue weighted by molar-refractivity contribution is 6.02. The van der Waals surface area contributed by atoms with E-state index in [1.807, 2.05) is 36.4 Å². The second-order valence-corrected chi connectivity index (χ2v) is 4.95. The molecule has 0 aliphatic heterocycles. The van der Waals surface area contributed by atoms with Gasteiger partial charge in [-0.05, 0) is 18.2 Å². The van der Waals surface area contributed by atoms with E-state index in [0.717, 1.165) is 27.7 Å². The number of benzene rings is 1. The number of fused-ring (bicyclic) bond motifs is 1. The molecule has 0 saturated heterocycles. The lowest BCUT2D eigenvalue weighted by Gasteiger charge is -2.13. The number of aromatic amines is 1. The predicted molar refractivity (Wildman–Crippen MR) is 87.0 cm³/mol. The highest BCUT2D eigenvalue weighted by Crippen LogP contribution is 2.37. The van der Waals surface area contributed by atoms with Crippen molar-refractivity contribution in [2.45, 2.75) is 0 Å². The first-order chi connectivity index (χ1) is 10.8. The Kier molecular flexibility index (Phi) is 2.83. The van der Waals surface area contributed by atoms with Crippen molar-refractivity contribution in [3.05, 3.63) is 61.2 Å². The van der Waals surface area contributed by atoms with Gasteiger partial charge >= 0.3 is 0 Å². The number of imidazole rings is 1. The van der Waals surface area contributed by atoms with Gasteiger partial charge in [-0.2, -0.15) is 0 Å². The van der Waals surface area contributed by atoms with E-state index in [-0.39, 0.29) is 0 Å². The molecule has 3 N–H and O–H groups in total. The van der Waals surface area contributed by atoms with E-state index in [0.29, 0.717) is 11.5 Å². The van der Waals surface area contributed by atoms with Crippen LogP contribution in [0, 0.1) is 0 Å². The quantitative estimate of drug-likeness (QED) is 0.593. The summed E-state index contributed by atoms with van der Waals surface area (Å²) in [7, 11) is 0. The number of H-pyrrole nitrogens is 1. The molecule has 0 fully saturated rings. The monoisotopic (exact) mass is 287 g/mol. The van der Waals surface area contributed by atoms with Gasteiger partial charge in [-0.15, -0.1) is 0 Å². The van der Waals surface area contributed by atoms with Crippen molar-refractivity contribution < 1.29 is 0 Å². The van der Waals surface area contributed by atoms with Crippen molar-refractivity contribution in [3.8, 4) is 22.6 Å². The van der Waals surface area contributed by atoms with Gasteiger partial charge in [-0.1, -0.05) is 18.2 Å². The lowest BCUT2D eigenvalue weighted by Crippen LogP contribution is -1.99. The number of para-hydroxylation sites is 1. The van der Waals surface area contributed by atoms with Crippen LogP contribution in [0.4, 0.5) is 5.69 Å². The molecular weight excluding hydrogens is 274 g/mol. The number of nitrogens with one attached hydrogen (secondary N) is 1. The Hall–Kier alpha value is -3.21. The van der Waals surface area contributed by atoms with Gasteiger partial charge in [0.05, 0.1) is 22.5 Å². The van der Waals surface area contributed by atoms with E-state index in [1.54, 1.807) is 24.8 Å². The average molecular weight is 287 g/mol. The van der Waals surface area contributed by atoms with Gasteiger partial charge in [-0.3, -0.25) is 4.98 Å². The number of hydrogen-bond acceptors (Lipinski definition) is 4. The maximum Gasteiger partial charge on any atom is 0.141 e. The molecule has 3 aromatic heterocycles. The minimum absolute atomic E-state index is 0.666. The number of nitrogens with zero attached hydrogens (tertiary/aromatic N) is 3. The van der Waals surface area contributed by atoms with Gasteiger partial charge in [-0.25, -0.2) is 9.97 Å². The van der Waals surface area contributed by atoms with E-state index >= 15 is 0 Å². The van der Waals surface area contributed by atoms with Crippen molar-refractivity contribution >= 4 is 16.6 Å². The number of pyridine rings is 2. The normalized spacial score (nSPS) is 10.9. The van der Waals surface area contributed by atoms with Crippen LogP contribution in [0.2, 0.25) is 0 Å². The zero-order chi connectivity index (χ0) is 14.9. The van der Waals surface area contributed by atoms with Crippen LogP contribution in [0.1, 0.15) is 0 Å². The molecular formula is C17H13N5. The summed E-state index contributed by atoms with van der Waals surface area (Å²) in [4.78, 5) is 16.4. The lowest BCUT2D eigenvalue weighted by atomic mass is 10.0. The van der Waals surface area contributed by atoms with Crippen LogP contribution in [0.15, 0.2) is 61.2 Å². The molecule has 0 aliphatic rings. The van der Waals surface area contributed by atoms with Crippen molar-refractivity contribution in [3.63, 3.8) is 0 Å². The second kappa shape index (κ2) is 4.96. The lowest BCUT2D eigenvalue weighted by molar-refractivity contribution is 1.27. The Morgan fingerprint density at radius 3 is 2.68 bits per heavy atom. The van der Waals surface area contributed by atoms with Crippen LogP contribution in [0.3, 0.4) is 0 Å². The number of anilines is 1. The molecule has 0 saturated carbocycles. The standard InChI is InChI=1S/C17H13N5/c18-15-12-5-1-2-6-13(12)22-16(11-4-3-7-19-10-11)14(15)17-20-8-9-21-17/h1-10H,(H2,18,22)(H,20,21). The third-order valence-electron chi connectivity index (χ3n) is 3.60. The summed E-state index contributed by atoms with van der Waals surface area (Å²) in [5, 5.41) is 0.918. The maximum absolute atomic E-state index is 6.43. The van der Waals surface area contributed by atoms with Gasteiger partial charge in [0, 0.05) is 35.7 Å². The summed E-state index contributed by atoms with van der Waals surface area (Å²) in [6.07, 6.45) is 7.00. The Morgan fingerprint density at radius 2 is 1.91 bits per heavy atom. The summed E-state index contributed by atoms with van der Waals surface area (Å²) in [5.41, 5.74) is 10.4. The first-order valence-electron chi connectivity index (χ1n) is 6.93. The molecule has 3 heterocycles. The fourth-order valence-corrected chi connectivity index (χ4v) is 2.59. The van der Waals surface area contributed by atoms with Gasteiger partial charge in [0.15, 0.2) is 0 Å². The van der Waals surface area contributed by atoms with Crippen LogP contribution < -0.4 is 5.73 Å². The fraction of sp³-hybridized carbons (Fsp3) is 0. The van der Waals surface area contributed by atoms with Crippen LogP contribution in [0.25, 0.3) is 33.5 Å². The minimum atomic E-state index is 0.666. The summed E-state index contributed by atoms with van der Waals surface area (Å²) in [6, 6.07) is 11.7. The minimum Gasteiger partial charge on any atom is -0.398 e. The molecule has 0 radical (unpaired) electrons. The van der Waals surface area contributed by atoms with Crippen LogP contribution >= 0.6 is 0 Å². The number of nitrogens with two attached hydrogens (primary N) is 1. The Bertz CT molecular complexity index is 930. The maximum atomic E-state index is 6.43. The third-order valence-corrected chi connectivity index (χ3v) is 3.60. The van der Waals surface area contributed by atoms with Crippen molar-refractivity contribution in [1.82, 2.24) is 19.9 Å². The van der Waals surface area contributed by atoms with Gasteiger partial charge < -0.3 is 10.7 Å². The van der Waals surface area contributed by atoms with Crippen LogP contribution in [-0.2, 0) is 0 Å². The molecule has 4 rings (SSSR count). The summed E-state index contributed by atoms with van der Waals surface area (Å²) >= 11 is 0. The molecule has 106 valence electrons. The highest BCUT2D eigenvalue weighted by atomic mass is 14.9. The van der Waals surface area contributed by atoms with Crippen LogP contribution in [0.5, 0.6) is 0 Å². The number of aromatic nitrogens is 4. The topological polar surface area (TPSA) is 80.5 Å². The van der Waals surface area contributed by atoms with Crippen LogP contribution in [-0.4, -0.2) is 19.9 Å². The van der Waals surface area contributed by atoms with Crippen molar-refractivity contribution in [2.75, 3.05) is 5.73 Å². The molecule has 22 heavy (non-hydrogen) atoms. The van der Waals surface area contributed by atoms with E-state index < -0.39 is 0 Å². The Morgan fingerprint density at radius 1 is 1.00 bits per heavy atom. The Labute approximate surface area is 126 Å². The molecule has 4 aromatic rings. The van der Waals surface area contributed by atoms with Gasteiger partial charge in [0.2, 0.25) is 0 Å². The summed E-state index contributed by atoms with van der Waals surface area (Å²) in [5.74, 6) is 0.703. The largest absolute Gasteiger partial charge is 0.398 e. The predicted octanol–water partition coefficient (Wildman–Crippen LogP) is 3.27. The molecule has 5 heteroatoms. The average Bonchev–Trinajstić information content (AvgIpc) is 3.10. The summed E-state index contributed by atoms with van der Waals surface area (Å²) in [6.45, 7) is 0. The SMILES string of the molecule is Nc1c(-c2ncc[nH]2)c(-c2cccnc2)nc2ccccc12. The second-order valence-electron chi connectivity index (χ2n) is 4.95. The van der Waals surface area contributed by atoms with Gasteiger partial charge in [0.1, 0.15) is 5.82 Å². The van der Waals surface area contributed by atoms with E-state index in [9.17, 15) is 0 Å². The highest BCUT2D eigenvalue weighted by Gasteiger charge is 2.17. The molecule has 0 unspecified atom stereocenters. The molecule has 0 bridgehead atoms. The van der Waals surface area contributed by atoms with Gasteiger partial charge in [0.25, 0.3) is 0 Å².